The predicted molar refractivity (Wildman–Crippen MR) is 103 cm³/mol. The highest BCUT2D eigenvalue weighted by Crippen LogP contribution is 2.47. The van der Waals surface area contributed by atoms with Crippen LogP contribution in [0.15, 0.2) is 27.8 Å². The summed E-state index contributed by atoms with van der Waals surface area (Å²) in [6.07, 6.45) is 9.93. The number of fused-ring (bicyclic) bond motifs is 5. The van der Waals surface area contributed by atoms with Gasteiger partial charge in [0.25, 0.3) is 0 Å². The van der Waals surface area contributed by atoms with Gasteiger partial charge >= 0.3 is 0 Å². The van der Waals surface area contributed by atoms with E-state index >= 15 is 0 Å². The molecule has 0 amide bonds. The SMILES string of the molecule is c1coc(CCNC(=NCC2CCCCO2)N2CC3C4CCC(O4)C3C2)c1. The summed E-state index contributed by atoms with van der Waals surface area (Å²) in [6.45, 7) is 4.63. The van der Waals surface area contributed by atoms with Crippen molar-refractivity contribution >= 4 is 5.96 Å². The van der Waals surface area contributed by atoms with E-state index in [1.165, 1.54) is 25.7 Å². The van der Waals surface area contributed by atoms with Crippen molar-refractivity contribution in [2.75, 3.05) is 32.8 Å². The molecule has 6 heteroatoms. The van der Waals surface area contributed by atoms with E-state index < -0.39 is 0 Å². The summed E-state index contributed by atoms with van der Waals surface area (Å²) in [7, 11) is 0. The fourth-order valence-corrected chi connectivity index (χ4v) is 5.29. The smallest absolute Gasteiger partial charge is 0.194 e. The van der Waals surface area contributed by atoms with Crippen molar-refractivity contribution < 1.29 is 13.9 Å². The maximum Gasteiger partial charge on any atom is 0.194 e. The average Bonchev–Trinajstić information content (AvgIpc) is 3.48. The van der Waals surface area contributed by atoms with Gasteiger partial charge in [-0.3, -0.25) is 4.99 Å². The molecule has 5 rings (SSSR count). The molecule has 6 nitrogen and oxygen atoms in total. The Morgan fingerprint density at radius 3 is 2.70 bits per heavy atom. The van der Waals surface area contributed by atoms with Crippen molar-refractivity contribution in [1.82, 2.24) is 10.2 Å². The highest BCUT2D eigenvalue weighted by molar-refractivity contribution is 5.80. The topological polar surface area (TPSA) is 59.2 Å². The maximum atomic E-state index is 6.13. The number of furan rings is 1. The Kier molecular flexibility index (Phi) is 5.10. The van der Waals surface area contributed by atoms with Gasteiger partial charge in [0.1, 0.15) is 5.76 Å². The maximum absolute atomic E-state index is 6.13. The van der Waals surface area contributed by atoms with E-state index in [0.29, 0.717) is 24.0 Å². The lowest BCUT2D eigenvalue weighted by molar-refractivity contribution is 0.0222. The zero-order chi connectivity index (χ0) is 18.1. The highest BCUT2D eigenvalue weighted by Gasteiger charge is 2.53. The van der Waals surface area contributed by atoms with Crippen molar-refractivity contribution in [3.8, 4) is 0 Å². The molecule has 5 unspecified atom stereocenters. The first-order valence-corrected chi connectivity index (χ1v) is 10.7. The summed E-state index contributed by atoms with van der Waals surface area (Å²) in [5.74, 6) is 3.44. The Balaban J connectivity index is 1.23. The minimum Gasteiger partial charge on any atom is -0.469 e. The number of likely N-dealkylation sites (tertiary alicyclic amines) is 1. The Morgan fingerprint density at radius 2 is 2.00 bits per heavy atom. The minimum atomic E-state index is 0.280. The molecule has 5 atom stereocenters. The van der Waals surface area contributed by atoms with Crippen LogP contribution >= 0.6 is 0 Å². The molecule has 1 N–H and O–H groups in total. The second-order valence-electron chi connectivity index (χ2n) is 8.43. The number of nitrogens with zero attached hydrogens (tertiary/aromatic N) is 2. The Bertz CT molecular complexity index is 623. The molecule has 148 valence electrons. The number of aliphatic imine (C=N–C) groups is 1. The summed E-state index contributed by atoms with van der Waals surface area (Å²) in [5, 5.41) is 3.60. The van der Waals surface area contributed by atoms with Crippen LogP contribution in [0.3, 0.4) is 0 Å². The zero-order valence-corrected chi connectivity index (χ0v) is 16.0. The van der Waals surface area contributed by atoms with Gasteiger partial charge in [0.15, 0.2) is 5.96 Å². The molecule has 0 saturated carbocycles. The average molecular weight is 373 g/mol. The Hall–Kier alpha value is -1.53. The van der Waals surface area contributed by atoms with Gasteiger partial charge in [0.2, 0.25) is 0 Å². The van der Waals surface area contributed by atoms with E-state index in [0.717, 1.165) is 57.3 Å². The zero-order valence-electron chi connectivity index (χ0n) is 16.0. The highest BCUT2D eigenvalue weighted by atomic mass is 16.5. The third kappa shape index (κ3) is 3.74. The summed E-state index contributed by atoms with van der Waals surface area (Å²) in [5.41, 5.74) is 0. The number of guanidine groups is 1. The fraction of sp³-hybridized carbons (Fsp3) is 0.762. The molecule has 0 aromatic carbocycles. The largest absolute Gasteiger partial charge is 0.469 e. The van der Waals surface area contributed by atoms with E-state index in [1.807, 2.05) is 12.1 Å². The number of hydrogen-bond acceptors (Lipinski definition) is 4. The summed E-state index contributed by atoms with van der Waals surface area (Å²) in [6, 6.07) is 3.98. The standard InChI is InChI=1S/C21H31N3O3/c1-2-10-26-16(4-1)12-23-21(22-9-8-15-5-3-11-25-15)24-13-17-18(14-24)20-7-6-19(17)27-20/h3,5,11,16-20H,1-2,4,6-10,12-14H2,(H,22,23). The molecule has 1 aromatic rings. The summed E-state index contributed by atoms with van der Waals surface area (Å²) in [4.78, 5) is 7.45. The third-order valence-corrected chi connectivity index (χ3v) is 6.71. The van der Waals surface area contributed by atoms with Crippen LogP contribution in [-0.4, -0.2) is 62.0 Å². The van der Waals surface area contributed by atoms with E-state index in [9.17, 15) is 0 Å². The number of hydrogen-bond donors (Lipinski definition) is 1. The monoisotopic (exact) mass is 373 g/mol. The van der Waals surface area contributed by atoms with Gasteiger partial charge < -0.3 is 24.1 Å². The molecule has 4 fully saturated rings. The molecule has 4 saturated heterocycles. The van der Waals surface area contributed by atoms with Gasteiger partial charge in [0.05, 0.1) is 31.1 Å². The quantitative estimate of drug-likeness (QED) is 0.635. The lowest BCUT2D eigenvalue weighted by Gasteiger charge is -2.26. The first-order chi connectivity index (χ1) is 13.4. The molecule has 27 heavy (non-hydrogen) atoms. The van der Waals surface area contributed by atoms with E-state index in [4.69, 9.17) is 18.9 Å². The van der Waals surface area contributed by atoms with Crippen LogP contribution in [0.5, 0.6) is 0 Å². The third-order valence-electron chi connectivity index (χ3n) is 6.71. The van der Waals surface area contributed by atoms with E-state index in [-0.39, 0.29) is 6.10 Å². The van der Waals surface area contributed by atoms with Crippen LogP contribution in [0, 0.1) is 11.8 Å². The molecule has 0 radical (unpaired) electrons. The van der Waals surface area contributed by atoms with Crippen LogP contribution in [-0.2, 0) is 15.9 Å². The number of ether oxygens (including phenoxy) is 2. The van der Waals surface area contributed by atoms with Crippen LogP contribution in [0.25, 0.3) is 0 Å². The fourth-order valence-electron chi connectivity index (χ4n) is 5.29. The van der Waals surface area contributed by atoms with Gasteiger partial charge in [-0.2, -0.15) is 0 Å². The normalized spacial score (nSPS) is 35.6. The van der Waals surface area contributed by atoms with Crippen molar-refractivity contribution in [1.29, 1.82) is 0 Å². The predicted octanol–water partition coefficient (Wildman–Crippen LogP) is 2.45. The van der Waals surface area contributed by atoms with Crippen molar-refractivity contribution in [3.05, 3.63) is 24.2 Å². The van der Waals surface area contributed by atoms with Crippen LogP contribution in [0.2, 0.25) is 0 Å². The van der Waals surface area contributed by atoms with E-state index in [1.54, 1.807) is 6.26 Å². The van der Waals surface area contributed by atoms with Crippen molar-refractivity contribution in [2.24, 2.45) is 16.8 Å². The summed E-state index contributed by atoms with van der Waals surface area (Å²) >= 11 is 0. The molecule has 4 aliphatic heterocycles. The minimum absolute atomic E-state index is 0.280. The lowest BCUT2D eigenvalue weighted by Crippen LogP contribution is -2.42. The number of nitrogens with one attached hydrogen (secondary N) is 1. The van der Waals surface area contributed by atoms with Crippen LogP contribution in [0.1, 0.15) is 37.9 Å². The molecular weight excluding hydrogens is 342 g/mol. The molecule has 5 heterocycles. The van der Waals surface area contributed by atoms with E-state index in [2.05, 4.69) is 10.2 Å². The van der Waals surface area contributed by atoms with Crippen LogP contribution < -0.4 is 5.32 Å². The van der Waals surface area contributed by atoms with Gasteiger partial charge in [-0.05, 0) is 44.2 Å². The van der Waals surface area contributed by atoms with Gasteiger partial charge in [-0.1, -0.05) is 0 Å². The summed E-state index contributed by atoms with van der Waals surface area (Å²) < 4.78 is 17.5. The molecule has 0 spiro atoms. The second kappa shape index (κ2) is 7.84. The molecule has 0 aliphatic carbocycles. The van der Waals surface area contributed by atoms with Crippen molar-refractivity contribution in [2.45, 2.75) is 56.8 Å². The molecule has 4 aliphatic rings. The van der Waals surface area contributed by atoms with Crippen LogP contribution in [0.4, 0.5) is 0 Å². The number of rotatable bonds is 5. The second-order valence-corrected chi connectivity index (χ2v) is 8.43. The van der Waals surface area contributed by atoms with Gasteiger partial charge in [-0.15, -0.1) is 0 Å². The molecule has 2 bridgehead atoms. The van der Waals surface area contributed by atoms with Gasteiger partial charge in [0, 0.05) is 44.5 Å². The first-order valence-electron chi connectivity index (χ1n) is 10.7. The molecular formula is C21H31N3O3. The first kappa shape index (κ1) is 17.6. The van der Waals surface area contributed by atoms with Gasteiger partial charge in [-0.25, -0.2) is 0 Å². The van der Waals surface area contributed by atoms with Crippen molar-refractivity contribution in [3.63, 3.8) is 0 Å². The Labute approximate surface area is 161 Å². The molecule has 1 aromatic heterocycles. The Morgan fingerprint density at radius 1 is 1.15 bits per heavy atom. The lowest BCUT2D eigenvalue weighted by atomic mass is 9.82.